The lowest BCUT2D eigenvalue weighted by atomic mass is 9.86. The van der Waals surface area contributed by atoms with Gasteiger partial charge in [-0.25, -0.2) is 15.0 Å². The number of carbonyl (C=O) groups excluding carboxylic acids is 2. The van der Waals surface area contributed by atoms with Crippen molar-refractivity contribution < 1.29 is 23.9 Å². The van der Waals surface area contributed by atoms with Crippen LogP contribution in [-0.4, -0.2) is 40.3 Å². The van der Waals surface area contributed by atoms with Gasteiger partial charge in [-0.1, -0.05) is 42.4 Å². The third-order valence-electron chi connectivity index (χ3n) is 4.02. The van der Waals surface area contributed by atoms with Crippen LogP contribution in [0.2, 0.25) is 0 Å². The maximum absolute atomic E-state index is 12.3. The summed E-state index contributed by atoms with van der Waals surface area (Å²) in [5.74, 6) is 0. The first-order chi connectivity index (χ1) is 11.8. The Bertz CT molecular complexity index is 713. The highest BCUT2D eigenvalue weighted by Gasteiger charge is 2.64. The van der Waals surface area contributed by atoms with Gasteiger partial charge in [0, 0.05) is 5.56 Å². The van der Waals surface area contributed by atoms with E-state index in [4.69, 9.17) is 14.3 Å². The number of hydrogen-bond acceptors (Lipinski definition) is 6. The molecule has 1 fully saturated rings. The summed E-state index contributed by atoms with van der Waals surface area (Å²) in [5, 5.41) is 5.22. The van der Waals surface area contributed by atoms with E-state index >= 15 is 0 Å². The largest absolute Gasteiger partial charge is 0.443 e. The summed E-state index contributed by atoms with van der Waals surface area (Å²) in [6.07, 6.45) is -1.99. The molecule has 0 aromatic heterocycles. The van der Waals surface area contributed by atoms with E-state index in [1.54, 1.807) is 20.8 Å². The van der Waals surface area contributed by atoms with Crippen molar-refractivity contribution in [1.29, 1.82) is 0 Å². The molecule has 1 aromatic carbocycles. The predicted octanol–water partition coefficient (Wildman–Crippen LogP) is 2.79. The maximum atomic E-state index is 12.3. The Balaban J connectivity index is 1.93. The van der Waals surface area contributed by atoms with Crippen LogP contribution in [0.5, 0.6) is 0 Å². The van der Waals surface area contributed by atoms with Gasteiger partial charge < -0.3 is 14.3 Å². The number of hydrazine groups is 1. The summed E-state index contributed by atoms with van der Waals surface area (Å²) in [4.78, 5) is 29.8. The summed E-state index contributed by atoms with van der Waals surface area (Å²) >= 11 is 0. The number of hydrogen-bond donors (Lipinski definition) is 1. The lowest BCUT2D eigenvalue weighted by molar-refractivity contribution is -0.0909. The Morgan fingerprint density at radius 2 is 2.04 bits per heavy atom. The SMILES string of the molecule is CC[C@]12C(c3ccccc3)=NO[C@H]1OC(=O)N2NC(=O)OC(C)(C)C. The van der Waals surface area contributed by atoms with Crippen LogP contribution < -0.4 is 5.43 Å². The molecule has 1 aromatic rings. The molecule has 3 rings (SSSR count). The van der Waals surface area contributed by atoms with E-state index in [0.717, 1.165) is 10.6 Å². The molecule has 2 heterocycles. The molecular formula is C17H21N3O5. The Morgan fingerprint density at radius 1 is 1.36 bits per heavy atom. The molecule has 25 heavy (non-hydrogen) atoms. The Hall–Kier alpha value is -2.77. The number of carbonyl (C=O) groups is 2. The van der Waals surface area contributed by atoms with E-state index in [1.165, 1.54) is 0 Å². The van der Waals surface area contributed by atoms with Gasteiger partial charge in [-0.15, -0.1) is 0 Å². The second-order valence-corrected chi connectivity index (χ2v) is 6.85. The van der Waals surface area contributed by atoms with Crippen molar-refractivity contribution in [3.8, 4) is 0 Å². The summed E-state index contributed by atoms with van der Waals surface area (Å²) in [5.41, 5.74) is 2.02. The Labute approximate surface area is 145 Å². The summed E-state index contributed by atoms with van der Waals surface area (Å²) in [6.45, 7) is 7.08. The third-order valence-corrected chi connectivity index (χ3v) is 4.02. The molecule has 0 spiro atoms. The van der Waals surface area contributed by atoms with Gasteiger partial charge in [0.2, 0.25) is 0 Å². The van der Waals surface area contributed by atoms with E-state index in [2.05, 4.69) is 10.6 Å². The third kappa shape index (κ3) is 2.88. The van der Waals surface area contributed by atoms with Gasteiger partial charge in [0.05, 0.1) is 0 Å². The fraction of sp³-hybridized carbons (Fsp3) is 0.471. The molecule has 0 unspecified atom stereocenters. The number of fused-ring (bicyclic) bond motifs is 1. The van der Waals surface area contributed by atoms with Crippen LogP contribution in [0.3, 0.4) is 0 Å². The van der Waals surface area contributed by atoms with Gasteiger partial charge in [0.25, 0.3) is 0 Å². The molecule has 2 amide bonds. The second kappa shape index (κ2) is 5.94. The van der Waals surface area contributed by atoms with Gasteiger partial charge in [0.1, 0.15) is 11.3 Å². The van der Waals surface area contributed by atoms with Gasteiger partial charge in [-0.05, 0) is 27.2 Å². The van der Waals surface area contributed by atoms with Crippen molar-refractivity contribution in [2.75, 3.05) is 0 Å². The van der Waals surface area contributed by atoms with Crippen molar-refractivity contribution >= 4 is 17.9 Å². The van der Waals surface area contributed by atoms with Crippen LogP contribution in [0.25, 0.3) is 0 Å². The zero-order valence-corrected chi connectivity index (χ0v) is 14.6. The monoisotopic (exact) mass is 347 g/mol. The number of nitrogens with one attached hydrogen (secondary N) is 1. The fourth-order valence-electron chi connectivity index (χ4n) is 2.94. The van der Waals surface area contributed by atoms with Crippen molar-refractivity contribution in [2.24, 2.45) is 5.16 Å². The highest BCUT2D eigenvalue weighted by molar-refractivity contribution is 6.10. The van der Waals surface area contributed by atoms with Crippen molar-refractivity contribution in [2.45, 2.75) is 51.5 Å². The van der Waals surface area contributed by atoms with E-state index in [0.29, 0.717) is 12.1 Å². The Morgan fingerprint density at radius 3 is 2.64 bits per heavy atom. The second-order valence-electron chi connectivity index (χ2n) is 6.85. The average molecular weight is 347 g/mol. The Kier molecular flexibility index (Phi) is 4.06. The van der Waals surface area contributed by atoms with Crippen molar-refractivity contribution in [3.63, 3.8) is 0 Å². The number of nitrogens with zero attached hydrogens (tertiary/aromatic N) is 2. The van der Waals surface area contributed by atoms with Crippen LogP contribution in [0.4, 0.5) is 9.59 Å². The molecule has 1 N–H and O–H groups in total. The molecule has 0 radical (unpaired) electrons. The highest BCUT2D eigenvalue weighted by atomic mass is 16.8. The normalized spacial score (nSPS) is 25.0. The first kappa shape index (κ1) is 17.1. The van der Waals surface area contributed by atoms with Gasteiger partial charge in [0.15, 0.2) is 5.54 Å². The highest BCUT2D eigenvalue weighted by Crippen LogP contribution is 2.40. The van der Waals surface area contributed by atoms with E-state index in [9.17, 15) is 9.59 Å². The van der Waals surface area contributed by atoms with E-state index < -0.39 is 29.6 Å². The fourth-order valence-corrected chi connectivity index (χ4v) is 2.94. The first-order valence-electron chi connectivity index (χ1n) is 8.08. The van der Waals surface area contributed by atoms with Crippen LogP contribution in [0, 0.1) is 0 Å². The molecule has 0 aliphatic carbocycles. The zero-order chi connectivity index (χ0) is 18.2. The lowest BCUT2D eigenvalue weighted by Crippen LogP contribution is -2.61. The first-order valence-corrected chi connectivity index (χ1v) is 8.08. The minimum atomic E-state index is -1.06. The minimum Gasteiger partial charge on any atom is -0.443 e. The molecule has 2 atom stereocenters. The lowest BCUT2D eigenvalue weighted by Gasteiger charge is -2.33. The van der Waals surface area contributed by atoms with E-state index in [-0.39, 0.29) is 0 Å². The van der Waals surface area contributed by atoms with Gasteiger partial charge in [-0.2, -0.15) is 5.01 Å². The molecule has 0 saturated carbocycles. The van der Waals surface area contributed by atoms with Crippen LogP contribution in [-0.2, 0) is 14.3 Å². The summed E-state index contributed by atoms with van der Waals surface area (Å²) in [7, 11) is 0. The van der Waals surface area contributed by atoms with Crippen LogP contribution in [0.15, 0.2) is 35.5 Å². The number of ether oxygens (including phenoxy) is 2. The summed E-state index contributed by atoms with van der Waals surface area (Å²) < 4.78 is 10.5. The minimum absolute atomic E-state index is 0.424. The average Bonchev–Trinajstić information content (AvgIpc) is 3.02. The molecular weight excluding hydrogens is 326 g/mol. The number of oxime groups is 1. The predicted molar refractivity (Wildman–Crippen MR) is 88.6 cm³/mol. The quantitative estimate of drug-likeness (QED) is 0.908. The molecule has 1 saturated heterocycles. The number of benzene rings is 1. The summed E-state index contributed by atoms with van der Waals surface area (Å²) in [6, 6.07) is 9.31. The number of rotatable bonds is 3. The molecule has 2 aliphatic rings. The van der Waals surface area contributed by atoms with E-state index in [1.807, 2.05) is 37.3 Å². The molecule has 8 nitrogen and oxygen atoms in total. The molecule has 2 aliphatic heterocycles. The molecule has 0 bridgehead atoms. The standard InChI is InChI=1S/C17H21N3O5/c1-5-17-12(11-9-7-6-8-10-11)19-25-13(17)23-15(22)20(17)18-14(21)24-16(2,3)4/h6-10,13H,5H2,1-4H3,(H,18,21)/t13-,17+/m1/s1. The van der Waals surface area contributed by atoms with Gasteiger partial charge >= 0.3 is 18.5 Å². The maximum Gasteiger partial charge on any atom is 0.433 e. The van der Waals surface area contributed by atoms with Crippen LogP contribution in [0.1, 0.15) is 39.7 Å². The number of amides is 2. The molecule has 8 heteroatoms. The molecule has 134 valence electrons. The zero-order valence-electron chi connectivity index (χ0n) is 14.6. The van der Waals surface area contributed by atoms with Crippen LogP contribution >= 0.6 is 0 Å². The van der Waals surface area contributed by atoms with Crippen molar-refractivity contribution in [3.05, 3.63) is 35.9 Å². The smallest absolute Gasteiger partial charge is 0.433 e. The van der Waals surface area contributed by atoms with Crippen molar-refractivity contribution in [1.82, 2.24) is 10.4 Å². The topological polar surface area (TPSA) is 89.5 Å². The van der Waals surface area contributed by atoms with Gasteiger partial charge in [-0.3, -0.25) is 0 Å².